The van der Waals surface area contributed by atoms with Crippen LogP contribution in [0.4, 0.5) is 13.2 Å². The van der Waals surface area contributed by atoms with E-state index >= 15 is 0 Å². The molecule has 0 unspecified atom stereocenters. The Morgan fingerprint density at radius 3 is 2.19 bits per heavy atom. The number of alkyl halides is 3. The van der Waals surface area contributed by atoms with Crippen molar-refractivity contribution in [3.63, 3.8) is 0 Å². The van der Waals surface area contributed by atoms with Crippen molar-refractivity contribution < 1.29 is 31.2 Å². The fourth-order valence-corrected chi connectivity index (χ4v) is 5.14. The molecule has 2 heterocycles. The van der Waals surface area contributed by atoms with Gasteiger partial charge in [0, 0.05) is 32.1 Å². The van der Waals surface area contributed by atoms with E-state index in [1.165, 1.54) is 4.90 Å². The molecule has 1 aromatic rings. The number of benzene rings is 1. The molecular formula is C21H28F3N3O4S. The minimum Gasteiger partial charge on any atom is -0.342 e. The number of nitrogens with zero attached hydrogens (tertiary/aromatic N) is 2. The van der Waals surface area contributed by atoms with Crippen molar-refractivity contribution in [2.75, 3.05) is 32.7 Å². The van der Waals surface area contributed by atoms with Crippen LogP contribution in [0.25, 0.3) is 0 Å². The number of sulfonamides is 1. The lowest BCUT2D eigenvalue weighted by Crippen LogP contribution is -2.47. The molecule has 2 aliphatic heterocycles. The molecule has 0 aliphatic carbocycles. The molecule has 178 valence electrons. The van der Waals surface area contributed by atoms with Crippen LogP contribution in [0.5, 0.6) is 0 Å². The van der Waals surface area contributed by atoms with Gasteiger partial charge in [-0.05, 0) is 43.9 Å². The van der Waals surface area contributed by atoms with Crippen LogP contribution in [0.15, 0.2) is 29.2 Å². The molecule has 1 N–H and O–H groups in total. The van der Waals surface area contributed by atoms with E-state index < -0.39 is 39.1 Å². The van der Waals surface area contributed by atoms with Gasteiger partial charge in [-0.25, -0.2) is 13.1 Å². The maximum Gasteiger partial charge on any atom is 0.416 e. The first-order valence-corrected chi connectivity index (χ1v) is 12.3. The number of hydrogen-bond acceptors (Lipinski definition) is 4. The maximum atomic E-state index is 12.8. The second-order valence-electron chi connectivity index (χ2n) is 8.24. The lowest BCUT2D eigenvalue weighted by molar-refractivity contribution is -0.140. The summed E-state index contributed by atoms with van der Waals surface area (Å²) >= 11 is 0. The maximum absolute atomic E-state index is 12.8. The average Bonchev–Trinajstić information content (AvgIpc) is 3.06. The normalized spacial score (nSPS) is 19.0. The molecule has 3 rings (SSSR count). The fraction of sp³-hybridized carbons (Fsp3) is 0.619. The Labute approximate surface area is 186 Å². The van der Waals surface area contributed by atoms with Gasteiger partial charge < -0.3 is 9.80 Å². The van der Waals surface area contributed by atoms with E-state index in [1.54, 1.807) is 0 Å². The molecule has 2 fully saturated rings. The van der Waals surface area contributed by atoms with E-state index in [9.17, 15) is 31.2 Å². The van der Waals surface area contributed by atoms with E-state index in [2.05, 4.69) is 4.72 Å². The molecule has 2 saturated heterocycles. The minimum absolute atomic E-state index is 0.129. The quantitative estimate of drug-likeness (QED) is 0.710. The highest BCUT2D eigenvalue weighted by Gasteiger charge is 2.33. The predicted molar refractivity (Wildman–Crippen MR) is 111 cm³/mol. The smallest absolute Gasteiger partial charge is 0.342 e. The first-order valence-electron chi connectivity index (χ1n) is 10.8. The highest BCUT2D eigenvalue weighted by molar-refractivity contribution is 7.89. The van der Waals surface area contributed by atoms with Gasteiger partial charge >= 0.3 is 6.18 Å². The Hall–Kier alpha value is -2.14. The summed E-state index contributed by atoms with van der Waals surface area (Å²) in [5.41, 5.74) is -1.08. The highest BCUT2D eigenvalue weighted by atomic mass is 32.2. The summed E-state index contributed by atoms with van der Waals surface area (Å²) in [6.45, 7) is 1.68. The van der Waals surface area contributed by atoms with Gasteiger partial charge in [-0.2, -0.15) is 13.2 Å². The molecule has 0 bridgehead atoms. The van der Waals surface area contributed by atoms with Crippen LogP contribution in [0.3, 0.4) is 0 Å². The van der Waals surface area contributed by atoms with Gasteiger partial charge in [-0.15, -0.1) is 0 Å². The largest absolute Gasteiger partial charge is 0.416 e. The Morgan fingerprint density at radius 2 is 1.59 bits per heavy atom. The molecule has 0 aromatic heterocycles. The molecule has 0 spiro atoms. The van der Waals surface area contributed by atoms with Crippen molar-refractivity contribution in [1.29, 1.82) is 0 Å². The van der Waals surface area contributed by atoms with Gasteiger partial charge in [-0.3, -0.25) is 9.59 Å². The second kappa shape index (κ2) is 10.2. The SMILES string of the molecule is O=C(CNS(=O)(=O)c1cccc(C(F)(F)F)c1)N1CCC(C(=O)N2CCCCCC2)CC1. The van der Waals surface area contributed by atoms with Crippen LogP contribution in [-0.4, -0.2) is 62.8 Å². The number of piperidine rings is 1. The van der Waals surface area contributed by atoms with E-state index in [4.69, 9.17) is 0 Å². The molecule has 7 nitrogen and oxygen atoms in total. The third-order valence-corrected chi connectivity index (χ3v) is 7.40. The van der Waals surface area contributed by atoms with E-state index in [0.717, 1.165) is 57.0 Å². The van der Waals surface area contributed by atoms with Crippen LogP contribution in [-0.2, 0) is 25.8 Å². The van der Waals surface area contributed by atoms with E-state index in [1.807, 2.05) is 4.90 Å². The number of rotatable bonds is 5. The Kier molecular flexibility index (Phi) is 7.81. The minimum atomic E-state index is -4.67. The lowest BCUT2D eigenvalue weighted by atomic mass is 9.95. The summed E-state index contributed by atoms with van der Waals surface area (Å²) in [6.07, 6.45) is 0.643. The zero-order valence-electron chi connectivity index (χ0n) is 17.7. The molecule has 0 atom stereocenters. The van der Waals surface area contributed by atoms with Crippen LogP contribution in [0, 0.1) is 5.92 Å². The molecular weight excluding hydrogens is 447 g/mol. The predicted octanol–water partition coefficient (Wildman–Crippen LogP) is 2.62. The average molecular weight is 476 g/mol. The topological polar surface area (TPSA) is 86.8 Å². The number of carbonyl (C=O) groups is 2. The summed E-state index contributed by atoms with van der Waals surface area (Å²) in [4.78, 5) is 28.0. The summed E-state index contributed by atoms with van der Waals surface area (Å²) in [7, 11) is -4.28. The Balaban J connectivity index is 1.51. The number of hydrogen-bond donors (Lipinski definition) is 1. The summed E-state index contributed by atoms with van der Waals surface area (Å²) in [6, 6.07) is 3.36. The number of carbonyl (C=O) groups excluding carboxylic acids is 2. The second-order valence-corrected chi connectivity index (χ2v) is 10.0. The van der Waals surface area contributed by atoms with Crippen molar-refractivity contribution >= 4 is 21.8 Å². The third kappa shape index (κ3) is 6.22. The van der Waals surface area contributed by atoms with Gasteiger partial charge in [0.1, 0.15) is 0 Å². The van der Waals surface area contributed by atoms with Crippen molar-refractivity contribution in [1.82, 2.24) is 14.5 Å². The van der Waals surface area contributed by atoms with Gasteiger partial charge in [0.2, 0.25) is 21.8 Å². The van der Waals surface area contributed by atoms with E-state index in [0.29, 0.717) is 32.0 Å². The summed E-state index contributed by atoms with van der Waals surface area (Å²) in [5, 5.41) is 0. The van der Waals surface area contributed by atoms with Crippen molar-refractivity contribution in [3.05, 3.63) is 29.8 Å². The first-order chi connectivity index (χ1) is 15.1. The van der Waals surface area contributed by atoms with Crippen LogP contribution >= 0.6 is 0 Å². The fourth-order valence-electron chi connectivity index (χ4n) is 4.12. The molecule has 1 aromatic carbocycles. The zero-order chi connectivity index (χ0) is 23.4. The molecule has 2 amide bonds. The van der Waals surface area contributed by atoms with Crippen molar-refractivity contribution in [3.8, 4) is 0 Å². The first kappa shape index (κ1) is 24.5. The standard InChI is InChI=1S/C21H28F3N3O4S/c22-21(23,24)17-6-5-7-18(14-17)32(30,31)25-15-19(28)26-12-8-16(9-13-26)20(29)27-10-3-1-2-4-11-27/h5-7,14,16,25H,1-4,8-13,15H2. The van der Waals surface area contributed by atoms with Crippen molar-refractivity contribution in [2.24, 2.45) is 5.92 Å². The van der Waals surface area contributed by atoms with Gasteiger partial charge in [0.15, 0.2) is 0 Å². The highest BCUT2D eigenvalue weighted by Crippen LogP contribution is 2.30. The summed E-state index contributed by atoms with van der Waals surface area (Å²) < 4.78 is 65.3. The summed E-state index contributed by atoms with van der Waals surface area (Å²) in [5.74, 6) is -0.482. The van der Waals surface area contributed by atoms with Gasteiger partial charge in [-0.1, -0.05) is 18.9 Å². The molecule has 0 saturated carbocycles. The molecule has 0 radical (unpaired) electrons. The van der Waals surface area contributed by atoms with Crippen LogP contribution in [0.2, 0.25) is 0 Å². The van der Waals surface area contributed by atoms with Crippen molar-refractivity contribution in [2.45, 2.75) is 49.6 Å². The molecule has 2 aliphatic rings. The third-order valence-electron chi connectivity index (χ3n) is 6.00. The number of likely N-dealkylation sites (tertiary alicyclic amines) is 2. The number of halogens is 3. The Bertz CT molecular complexity index is 920. The monoisotopic (exact) mass is 475 g/mol. The number of amides is 2. The van der Waals surface area contributed by atoms with Crippen LogP contribution in [0.1, 0.15) is 44.1 Å². The van der Waals surface area contributed by atoms with Crippen LogP contribution < -0.4 is 4.72 Å². The van der Waals surface area contributed by atoms with Gasteiger partial charge in [0.05, 0.1) is 17.0 Å². The van der Waals surface area contributed by atoms with Gasteiger partial charge in [0.25, 0.3) is 0 Å². The Morgan fingerprint density at radius 1 is 0.969 bits per heavy atom. The molecule has 11 heteroatoms. The number of nitrogens with one attached hydrogen (secondary N) is 1. The molecule has 32 heavy (non-hydrogen) atoms. The lowest BCUT2D eigenvalue weighted by Gasteiger charge is -2.34. The zero-order valence-corrected chi connectivity index (χ0v) is 18.6. The van der Waals surface area contributed by atoms with E-state index in [-0.39, 0.29) is 11.8 Å².